The zero-order valence-corrected chi connectivity index (χ0v) is 20.3. The van der Waals surface area contributed by atoms with Crippen LogP contribution < -0.4 is 15.9 Å². The van der Waals surface area contributed by atoms with Crippen LogP contribution in [0.1, 0.15) is 36.6 Å². The van der Waals surface area contributed by atoms with E-state index >= 15 is 0 Å². The fourth-order valence-electron chi connectivity index (χ4n) is 4.02. The lowest BCUT2D eigenvalue weighted by Gasteiger charge is -2.18. The molecule has 1 fully saturated rings. The Hall–Kier alpha value is -3.99. The number of hydrogen-bond donors (Lipinski definition) is 3. The first-order valence-corrected chi connectivity index (χ1v) is 11.6. The van der Waals surface area contributed by atoms with Crippen molar-refractivity contribution >= 4 is 29.0 Å². The molecule has 1 saturated carbocycles. The summed E-state index contributed by atoms with van der Waals surface area (Å²) in [6, 6.07) is 13.7. The van der Waals surface area contributed by atoms with Gasteiger partial charge in [-0.15, -0.1) is 5.11 Å². The first-order chi connectivity index (χ1) is 17.6. The van der Waals surface area contributed by atoms with Crippen LogP contribution in [-0.4, -0.2) is 23.3 Å². The highest BCUT2D eigenvalue weighted by molar-refractivity contribution is 6.30. The molecular formula is C25H22ClF3N6O2. The van der Waals surface area contributed by atoms with Crippen LogP contribution in [0, 0.1) is 5.41 Å². The summed E-state index contributed by atoms with van der Waals surface area (Å²) in [6.45, 7) is 1.73. The predicted octanol–water partition coefficient (Wildman–Crippen LogP) is 6.14. The zero-order valence-electron chi connectivity index (χ0n) is 19.6. The first kappa shape index (κ1) is 26.1. The molecule has 0 radical (unpaired) electrons. The van der Waals surface area contributed by atoms with Crippen molar-refractivity contribution in [1.29, 1.82) is 5.41 Å². The predicted molar refractivity (Wildman–Crippen MR) is 133 cm³/mol. The molecule has 0 atom stereocenters. The minimum atomic E-state index is -4.72. The number of nitrogens with one attached hydrogen (secondary N) is 2. The highest BCUT2D eigenvalue weighted by atomic mass is 35.5. The lowest BCUT2D eigenvalue weighted by Crippen LogP contribution is -2.27. The zero-order chi connectivity index (χ0) is 26.8. The fraction of sp³-hybridized carbons (Fsp3) is 0.240. The molecular weight excluding hydrogens is 509 g/mol. The molecule has 1 aromatic heterocycles. The van der Waals surface area contributed by atoms with Crippen LogP contribution in [0.5, 0.6) is 5.88 Å². The van der Waals surface area contributed by atoms with Gasteiger partial charge in [0.15, 0.2) is 5.84 Å². The number of hydrogen-bond acceptors (Lipinski definition) is 5. The van der Waals surface area contributed by atoms with Crippen LogP contribution in [0.25, 0.3) is 11.1 Å². The van der Waals surface area contributed by atoms with Crippen molar-refractivity contribution in [2.45, 2.75) is 31.4 Å². The maximum absolute atomic E-state index is 13.5. The number of amides is 1. The minimum Gasteiger partial charge on any atom is -0.478 e. The molecule has 3 aromatic rings. The molecule has 0 saturated heterocycles. The summed E-state index contributed by atoms with van der Waals surface area (Å²) in [5, 5.41) is 18.3. The molecule has 1 amide bonds. The van der Waals surface area contributed by atoms with E-state index in [9.17, 15) is 18.0 Å². The van der Waals surface area contributed by atoms with Gasteiger partial charge in [0.1, 0.15) is 5.69 Å². The van der Waals surface area contributed by atoms with Gasteiger partial charge in [0.2, 0.25) is 11.8 Å². The molecule has 8 nitrogen and oxygen atoms in total. The van der Waals surface area contributed by atoms with Gasteiger partial charge < -0.3 is 15.9 Å². The highest BCUT2D eigenvalue weighted by Gasteiger charge is 2.51. The van der Waals surface area contributed by atoms with Gasteiger partial charge in [-0.05, 0) is 66.8 Å². The molecule has 1 heterocycles. The Bertz CT molecular complexity index is 1390. The van der Waals surface area contributed by atoms with E-state index in [4.69, 9.17) is 27.6 Å². The highest BCUT2D eigenvalue weighted by Crippen LogP contribution is 2.49. The number of alkyl halides is 3. The standard InChI is InChI=1S/C25H22ClF3N6O2/c1-2-37-21-11-14(10-20(33-21)25(27,28)29)18-7-6-17(13-19(18)22(30)34-35-31)32-23(36)24(8-9-24)15-4-3-5-16(26)12-15/h3-7,10-13H,2,8-9H2,1H3,(H,32,36)(H3,30,31,34). The van der Waals surface area contributed by atoms with Crippen LogP contribution in [0.2, 0.25) is 5.02 Å². The summed E-state index contributed by atoms with van der Waals surface area (Å²) < 4.78 is 45.8. The van der Waals surface area contributed by atoms with Crippen LogP contribution in [0.3, 0.4) is 0 Å². The van der Waals surface area contributed by atoms with E-state index in [1.807, 2.05) is 6.07 Å². The van der Waals surface area contributed by atoms with Crippen molar-refractivity contribution in [2.75, 3.05) is 11.9 Å². The normalized spacial score (nSPS) is 14.4. The summed E-state index contributed by atoms with van der Waals surface area (Å²) in [7, 11) is 0. The third kappa shape index (κ3) is 5.56. The monoisotopic (exact) mass is 530 g/mol. The number of anilines is 1. The number of carbonyl (C=O) groups excluding carboxylic acids is 1. The van der Waals surface area contributed by atoms with Gasteiger partial charge in [-0.25, -0.2) is 4.98 Å². The second-order valence-corrected chi connectivity index (χ2v) is 8.82. The Morgan fingerprint density at radius 3 is 2.59 bits per heavy atom. The molecule has 37 heavy (non-hydrogen) atoms. The van der Waals surface area contributed by atoms with Gasteiger partial charge in [0.05, 0.1) is 12.0 Å². The van der Waals surface area contributed by atoms with Crippen LogP contribution in [0.15, 0.2) is 64.9 Å². The number of halogens is 4. The van der Waals surface area contributed by atoms with Gasteiger partial charge >= 0.3 is 6.18 Å². The second kappa shape index (κ2) is 10.2. The van der Waals surface area contributed by atoms with Crippen molar-refractivity contribution in [3.63, 3.8) is 0 Å². The topological polar surface area (TPSA) is 126 Å². The fourth-order valence-corrected chi connectivity index (χ4v) is 4.21. The van der Waals surface area contributed by atoms with Gasteiger partial charge in [0.25, 0.3) is 0 Å². The Labute approximate surface area is 215 Å². The Kier molecular flexibility index (Phi) is 7.17. The Morgan fingerprint density at radius 2 is 1.97 bits per heavy atom. The van der Waals surface area contributed by atoms with Crippen LogP contribution in [0.4, 0.5) is 18.9 Å². The third-order valence-electron chi connectivity index (χ3n) is 5.95. The van der Waals surface area contributed by atoms with E-state index in [0.29, 0.717) is 23.6 Å². The first-order valence-electron chi connectivity index (χ1n) is 11.2. The van der Waals surface area contributed by atoms with E-state index in [0.717, 1.165) is 11.6 Å². The summed E-state index contributed by atoms with van der Waals surface area (Å²) in [5.41, 5.74) is -0.355. The van der Waals surface area contributed by atoms with Crippen molar-refractivity contribution in [3.8, 4) is 17.0 Å². The molecule has 4 rings (SSSR count). The maximum Gasteiger partial charge on any atom is 0.433 e. The van der Waals surface area contributed by atoms with E-state index in [1.165, 1.54) is 24.3 Å². The summed E-state index contributed by atoms with van der Waals surface area (Å²) >= 11 is 6.11. The molecule has 12 heteroatoms. The molecule has 1 aliphatic carbocycles. The van der Waals surface area contributed by atoms with Gasteiger partial charge in [-0.2, -0.15) is 13.2 Å². The largest absolute Gasteiger partial charge is 0.478 e. The lowest BCUT2D eigenvalue weighted by molar-refractivity contribution is -0.141. The van der Waals surface area contributed by atoms with Gasteiger partial charge in [0, 0.05) is 22.3 Å². The SMILES string of the molecule is CCOc1cc(-c2ccc(NC(=O)C3(c4cccc(Cl)c4)CC3)cc2C(=N)N=NN)cc(C(F)(F)F)n1. The molecule has 0 bridgehead atoms. The van der Waals surface area contributed by atoms with Crippen molar-refractivity contribution in [3.05, 3.63) is 76.4 Å². The number of carbonyl (C=O) groups is 1. The number of nitrogens with zero attached hydrogens (tertiary/aromatic N) is 3. The van der Waals surface area contributed by atoms with Crippen molar-refractivity contribution in [2.24, 2.45) is 16.2 Å². The minimum absolute atomic E-state index is 0.0909. The summed E-state index contributed by atoms with van der Waals surface area (Å²) in [4.78, 5) is 16.7. The molecule has 2 aromatic carbocycles. The average molecular weight is 531 g/mol. The van der Waals surface area contributed by atoms with Crippen molar-refractivity contribution < 1.29 is 22.7 Å². The molecule has 0 unspecified atom stereocenters. The Morgan fingerprint density at radius 1 is 1.22 bits per heavy atom. The number of nitrogens with two attached hydrogens (primary N) is 1. The number of amidine groups is 1. The maximum atomic E-state index is 13.5. The molecule has 192 valence electrons. The molecule has 0 spiro atoms. The quantitative estimate of drug-likeness (QED) is 0.111. The smallest absolute Gasteiger partial charge is 0.433 e. The average Bonchev–Trinajstić information content (AvgIpc) is 3.66. The molecule has 4 N–H and O–H groups in total. The molecule has 0 aliphatic heterocycles. The van der Waals surface area contributed by atoms with Crippen LogP contribution in [-0.2, 0) is 16.4 Å². The number of rotatable bonds is 7. The number of ether oxygens (including phenoxy) is 1. The summed E-state index contributed by atoms with van der Waals surface area (Å²) in [5.74, 6) is 4.23. The Balaban J connectivity index is 1.74. The van der Waals surface area contributed by atoms with E-state index in [2.05, 4.69) is 20.6 Å². The lowest BCUT2D eigenvalue weighted by atomic mass is 9.94. The second-order valence-electron chi connectivity index (χ2n) is 8.38. The third-order valence-corrected chi connectivity index (χ3v) is 6.18. The summed E-state index contributed by atoms with van der Waals surface area (Å²) in [6.07, 6.45) is -3.45. The van der Waals surface area contributed by atoms with E-state index in [-0.39, 0.29) is 35.1 Å². The van der Waals surface area contributed by atoms with E-state index < -0.39 is 23.1 Å². The number of aromatic nitrogens is 1. The van der Waals surface area contributed by atoms with Crippen LogP contribution >= 0.6 is 11.6 Å². The van der Waals surface area contributed by atoms with E-state index in [1.54, 1.807) is 25.1 Å². The van der Waals surface area contributed by atoms with Gasteiger partial charge in [-0.1, -0.05) is 35.0 Å². The number of pyridine rings is 1. The molecule has 1 aliphatic rings. The number of benzene rings is 2. The van der Waals surface area contributed by atoms with Crippen molar-refractivity contribution in [1.82, 2.24) is 4.98 Å². The van der Waals surface area contributed by atoms with Gasteiger partial charge in [-0.3, -0.25) is 10.2 Å².